The fraction of sp³-hybridized carbons (Fsp3) is 0.300. The van der Waals surface area contributed by atoms with Crippen molar-refractivity contribution in [3.8, 4) is 6.07 Å². The first-order chi connectivity index (χ1) is 8.51. The molecule has 1 aromatic heterocycles. The minimum atomic E-state index is -0.712. The van der Waals surface area contributed by atoms with Crippen molar-refractivity contribution < 1.29 is 9.72 Å². The van der Waals surface area contributed by atoms with Crippen molar-refractivity contribution in [3.05, 3.63) is 33.1 Å². The van der Waals surface area contributed by atoms with E-state index >= 15 is 0 Å². The van der Waals surface area contributed by atoms with Gasteiger partial charge in [-0.05, 0) is 13.0 Å². The molecule has 0 atom stereocenters. The smallest absolute Gasteiger partial charge is 0.300 e. The second-order valence-electron chi connectivity index (χ2n) is 3.26. The zero-order valence-electron chi connectivity index (χ0n) is 9.46. The van der Waals surface area contributed by atoms with Crippen LogP contribution in [0.25, 0.3) is 0 Å². The van der Waals surface area contributed by atoms with Gasteiger partial charge in [-0.2, -0.15) is 5.26 Å². The molecular weight excluding hydrogens is 260 g/mol. The number of halogens is 1. The molecule has 0 fully saturated rings. The highest BCUT2D eigenvalue weighted by molar-refractivity contribution is 6.29. The molecule has 0 bridgehead atoms. The summed E-state index contributed by atoms with van der Waals surface area (Å²) >= 11 is 5.62. The minimum absolute atomic E-state index is 0.0167. The van der Waals surface area contributed by atoms with Crippen LogP contribution in [-0.2, 0) is 0 Å². The number of pyridine rings is 1. The SMILES string of the molecule is CCN(CC#N)C(=O)c1cc(Cl)ncc1[N+](=O)[O-]. The van der Waals surface area contributed by atoms with Gasteiger partial charge in [-0.25, -0.2) is 4.98 Å². The fourth-order valence-corrected chi connectivity index (χ4v) is 1.48. The Morgan fingerprint density at radius 2 is 2.39 bits per heavy atom. The van der Waals surface area contributed by atoms with E-state index in [0.717, 1.165) is 12.3 Å². The van der Waals surface area contributed by atoms with Gasteiger partial charge < -0.3 is 4.90 Å². The van der Waals surface area contributed by atoms with Crippen molar-refractivity contribution >= 4 is 23.2 Å². The predicted molar refractivity (Wildman–Crippen MR) is 63.1 cm³/mol. The van der Waals surface area contributed by atoms with Crippen LogP contribution in [0.2, 0.25) is 5.15 Å². The summed E-state index contributed by atoms with van der Waals surface area (Å²) in [5, 5.41) is 19.4. The van der Waals surface area contributed by atoms with Gasteiger partial charge in [-0.15, -0.1) is 0 Å². The Labute approximate surface area is 108 Å². The lowest BCUT2D eigenvalue weighted by Crippen LogP contribution is -2.31. The summed E-state index contributed by atoms with van der Waals surface area (Å²) in [6, 6.07) is 2.95. The number of aromatic nitrogens is 1. The van der Waals surface area contributed by atoms with Gasteiger partial charge in [-0.1, -0.05) is 11.6 Å². The molecule has 0 aromatic carbocycles. The van der Waals surface area contributed by atoms with E-state index < -0.39 is 16.5 Å². The topological polar surface area (TPSA) is 100 Å². The number of nitriles is 1. The van der Waals surface area contributed by atoms with Crippen molar-refractivity contribution in [2.45, 2.75) is 6.92 Å². The molecule has 0 aliphatic rings. The molecule has 1 rings (SSSR count). The van der Waals surface area contributed by atoms with Gasteiger partial charge in [0.2, 0.25) is 0 Å². The van der Waals surface area contributed by atoms with Gasteiger partial charge in [0.15, 0.2) is 0 Å². The third-order valence-electron chi connectivity index (χ3n) is 2.21. The van der Waals surface area contributed by atoms with Crippen LogP contribution in [0.4, 0.5) is 5.69 Å². The molecule has 18 heavy (non-hydrogen) atoms. The Morgan fingerprint density at radius 1 is 1.72 bits per heavy atom. The summed E-state index contributed by atoms with van der Waals surface area (Å²) in [5.74, 6) is -0.616. The molecule has 0 aliphatic carbocycles. The molecule has 94 valence electrons. The van der Waals surface area contributed by atoms with Crippen molar-refractivity contribution in [3.63, 3.8) is 0 Å². The summed E-state index contributed by atoms with van der Waals surface area (Å²) in [5.41, 5.74) is -0.599. The molecule has 0 radical (unpaired) electrons. The van der Waals surface area contributed by atoms with Gasteiger partial charge in [0.25, 0.3) is 11.6 Å². The molecule has 0 N–H and O–H groups in total. The predicted octanol–water partition coefficient (Wildman–Crippen LogP) is 1.63. The number of hydrogen-bond donors (Lipinski definition) is 0. The van der Waals surface area contributed by atoms with Crippen LogP contribution in [0.3, 0.4) is 0 Å². The summed E-state index contributed by atoms with van der Waals surface area (Å²) < 4.78 is 0. The summed E-state index contributed by atoms with van der Waals surface area (Å²) in [6.45, 7) is 1.79. The molecular formula is C10H9ClN4O3. The van der Waals surface area contributed by atoms with Crippen molar-refractivity contribution in [2.75, 3.05) is 13.1 Å². The number of amides is 1. The second-order valence-corrected chi connectivity index (χ2v) is 3.65. The summed E-state index contributed by atoms with van der Waals surface area (Å²) in [4.78, 5) is 26.9. The van der Waals surface area contributed by atoms with Crippen LogP contribution in [-0.4, -0.2) is 33.8 Å². The monoisotopic (exact) mass is 268 g/mol. The van der Waals surface area contributed by atoms with E-state index in [2.05, 4.69) is 4.98 Å². The first-order valence-corrected chi connectivity index (χ1v) is 5.35. The molecule has 1 heterocycles. The zero-order valence-corrected chi connectivity index (χ0v) is 10.2. The first-order valence-electron chi connectivity index (χ1n) is 4.97. The van der Waals surface area contributed by atoms with E-state index in [1.807, 2.05) is 6.07 Å². The van der Waals surface area contributed by atoms with Gasteiger partial charge in [-0.3, -0.25) is 14.9 Å². The average Bonchev–Trinajstić information content (AvgIpc) is 2.34. The average molecular weight is 269 g/mol. The molecule has 1 amide bonds. The minimum Gasteiger partial charge on any atom is -0.325 e. The van der Waals surface area contributed by atoms with Crippen LogP contribution in [0.1, 0.15) is 17.3 Å². The summed E-state index contributed by atoms with van der Waals surface area (Å²) in [6.07, 6.45) is 0.926. The molecule has 0 unspecified atom stereocenters. The zero-order chi connectivity index (χ0) is 13.7. The second kappa shape index (κ2) is 5.93. The van der Waals surface area contributed by atoms with Crippen LogP contribution >= 0.6 is 11.6 Å². The molecule has 7 nitrogen and oxygen atoms in total. The number of rotatable bonds is 4. The van der Waals surface area contributed by atoms with Crippen LogP contribution in [0.5, 0.6) is 0 Å². The van der Waals surface area contributed by atoms with Crippen LogP contribution in [0, 0.1) is 21.4 Å². The Kier molecular flexibility index (Phi) is 4.57. The lowest BCUT2D eigenvalue weighted by atomic mass is 10.2. The van der Waals surface area contributed by atoms with Crippen molar-refractivity contribution in [2.24, 2.45) is 0 Å². The number of nitrogens with zero attached hydrogens (tertiary/aromatic N) is 4. The highest BCUT2D eigenvalue weighted by Gasteiger charge is 2.24. The van der Waals surface area contributed by atoms with Gasteiger partial charge >= 0.3 is 0 Å². The number of nitro groups is 1. The Balaban J connectivity index is 3.22. The highest BCUT2D eigenvalue weighted by atomic mass is 35.5. The molecule has 0 saturated heterocycles. The van der Waals surface area contributed by atoms with E-state index in [1.165, 1.54) is 4.90 Å². The highest BCUT2D eigenvalue weighted by Crippen LogP contribution is 2.21. The van der Waals surface area contributed by atoms with E-state index in [4.69, 9.17) is 16.9 Å². The first kappa shape index (κ1) is 13.9. The molecule has 0 spiro atoms. The van der Waals surface area contributed by atoms with E-state index in [0.29, 0.717) is 0 Å². The lowest BCUT2D eigenvalue weighted by molar-refractivity contribution is -0.385. The Bertz CT molecular complexity index is 526. The third-order valence-corrected chi connectivity index (χ3v) is 2.41. The largest absolute Gasteiger partial charge is 0.325 e. The third kappa shape index (κ3) is 2.93. The van der Waals surface area contributed by atoms with E-state index in [9.17, 15) is 14.9 Å². The van der Waals surface area contributed by atoms with Crippen molar-refractivity contribution in [1.29, 1.82) is 5.26 Å². The quantitative estimate of drug-likeness (QED) is 0.357. The molecule has 0 aliphatic heterocycles. The number of carbonyl (C=O) groups excluding carboxylic acids is 1. The number of carbonyl (C=O) groups is 1. The standard InChI is InChI=1S/C10H9ClN4O3/c1-2-14(4-3-12)10(16)7-5-9(11)13-6-8(7)15(17)18/h5-6H,2,4H2,1H3. The van der Waals surface area contributed by atoms with Crippen LogP contribution in [0.15, 0.2) is 12.3 Å². The number of hydrogen-bond acceptors (Lipinski definition) is 5. The van der Waals surface area contributed by atoms with Crippen molar-refractivity contribution in [1.82, 2.24) is 9.88 Å². The lowest BCUT2D eigenvalue weighted by Gasteiger charge is -2.16. The maximum atomic E-state index is 12.0. The fourth-order valence-electron chi connectivity index (χ4n) is 1.32. The van der Waals surface area contributed by atoms with E-state index in [1.54, 1.807) is 6.92 Å². The maximum Gasteiger partial charge on any atom is 0.300 e. The molecule has 0 saturated carbocycles. The van der Waals surface area contributed by atoms with E-state index in [-0.39, 0.29) is 23.8 Å². The van der Waals surface area contributed by atoms with Gasteiger partial charge in [0, 0.05) is 6.54 Å². The Hall–Kier alpha value is -2.20. The van der Waals surface area contributed by atoms with Gasteiger partial charge in [0.1, 0.15) is 23.5 Å². The maximum absolute atomic E-state index is 12.0. The van der Waals surface area contributed by atoms with Crippen LogP contribution < -0.4 is 0 Å². The molecule has 8 heteroatoms. The summed E-state index contributed by atoms with van der Waals surface area (Å²) in [7, 11) is 0. The molecule has 1 aromatic rings. The normalized spacial score (nSPS) is 9.61. The Morgan fingerprint density at radius 3 is 2.89 bits per heavy atom. The van der Waals surface area contributed by atoms with Gasteiger partial charge in [0.05, 0.1) is 11.0 Å².